The summed E-state index contributed by atoms with van der Waals surface area (Å²) >= 11 is 0. The van der Waals surface area contributed by atoms with E-state index in [1.807, 2.05) is 66.1 Å². The van der Waals surface area contributed by atoms with E-state index in [0.717, 1.165) is 16.6 Å². The van der Waals surface area contributed by atoms with Crippen molar-refractivity contribution in [1.82, 2.24) is 19.8 Å². The van der Waals surface area contributed by atoms with Crippen LogP contribution in [0.3, 0.4) is 0 Å². The second-order valence-corrected chi connectivity index (χ2v) is 7.45. The fourth-order valence-corrected chi connectivity index (χ4v) is 3.53. The van der Waals surface area contributed by atoms with E-state index < -0.39 is 6.04 Å². The molecule has 2 amide bonds. The first-order chi connectivity index (χ1) is 15.0. The third kappa shape index (κ3) is 4.50. The van der Waals surface area contributed by atoms with Gasteiger partial charge in [-0.2, -0.15) is 0 Å². The monoisotopic (exact) mass is 416 g/mol. The molecule has 4 rings (SSSR count). The van der Waals surface area contributed by atoms with E-state index in [4.69, 9.17) is 9.40 Å². The van der Waals surface area contributed by atoms with E-state index in [1.165, 1.54) is 6.26 Å². The largest absolute Gasteiger partial charge is 0.459 e. The highest BCUT2D eigenvalue weighted by atomic mass is 16.3. The molecule has 0 aliphatic heterocycles. The lowest BCUT2D eigenvalue weighted by atomic mass is 10.2. The highest BCUT2D eigenvalue weighted by Gasteiger charge is 2.22. The van der Waals surface area contributed by atoms with Gasteiger partial charge in [-0.05, 0) is 36.8 Å². The lowest BCUT2D eigenvalue weighted by Gasteiger charge is -2.20. The van der Waals surface area contributed by atoms with E-state index in [2.05, 4.69) is 5.32 Å². The third-order valence-electron chi connectivity index (χ3n) is 5.15. The fraction of sp³-hybridized carbons (Fsp3) is 0.208. The van der Waals surface area contributed by atoms with Gasteiger partial charge in [-0.15, -0.1) is 0 Å². The number of imidazole rings is 1. The van der Waals surface area contributed by atoms with Gasteiger partial charge in [0.25, 0.3) is 5.91 Å². The minimum Gasteiger partial charge on any atom is -0.459 e. The van der Waals surface area contributed by atoms with Crippen molar-refractivity contribution < 1.29 is 14.0 Å². The zero-order chi connectivity index (χ0) is 21.8. The molecule has 0 aliphatic carbocycles. The smallest absolute Gasteiger partial charge is 0.287 e. The van der Waals surface area contributed by atoms with Crippen LogP contribution in [0.4, 0.5) is 0 Å². The van der Waals surface area contributed by atoms with Crippen molar-refractivity contribution in [2.45, 2.75) is 26.1 Å². The molecule has 0 bridgehead atoms. The van der Waals surface area contributed by atoms with Crippen LogP contribution in [0.15, 0.2) is 77.4 Å². The summed E-state index contributed by atoms with van der Waals surface area (Å²) in [6, 6.07) is 20.3. The van der Waals surface area contributed by atoms with E-state index in [1.54, 1.807) is 24.1 Å². The number of aromatic nitrogens is 2. The Labute approximate surface area is 180 Å². The van der Waals surface area contributed by atoms with Crippen LogP contribution in [0.2, 0.25) is 0 Å². The van der Waals surface area contributed by atoms with Gasteiger partial charge in [0.15, 0.2) is 5.76 Å². The van der Waals surface area contributed by atoms with Crippen LogP contribution < -0.4 is 5.32 Å². The van der Waals surface area contributed by atoms with Gasteiger partial charge < -0.3 is 19.2 Å². The number of rotatable bonds is 7. The number of nitrogens with zero attached hydrogens (tertiary/aromatic N) is 3. The second-order valence-electron chi connectivity index (χ2n) is 7.45. The van der Waals surface area contributed by atoms with Crippen molar-refractivity contribution in [2.75, 3.05) is 7.05 Å². The predicted molar refractivity (Wildman–Crippen MR) is 117 cm³/mol. The number of amides is 2. The Morgan fingerprint density at radius 2 is 1.81 bits per heavy atom. The highest BCUT2D eigenvalue weighted by molar-refractivity contribution is 5.91. The molecule has 1 unspecified atom stereocenters. The molecule has 7 heteroatoms. The first-order valence-electron chi connectivity index (χ1n) is 10.1. The zero-order valence-corrected chi connectivity index (χ0v) is 17.5. The summed E-state index contributed by atoms with van der Waals surface area (Å²) in [6.45, 7) is 2.49. The topological polar surface area (TPSA) is 80.4 Å². The van der Waals surface area contributed by atoms with Gasteiger partial charge >= 0.3 is 0 Å². The average Bonchev–Trinajstić information content (AvgIpc) is 3.43. The SMILES string of the molecule is CC(NC(=O)c1ccco1)c1nc2ccccc2n1CC(=O)N(C)Cc1ccccc1. The van der Waals surface area contributed by atoms with Gasteiger partial charge in [0.1, 0.15) is 12.4 Å². The molecule has 2 heterocycles. The van der Waals surface area contributed by atoms with Crippen molar-refractivity contribution >= 4 is 22.8 Å². The Morgan fingerprint density at radius 1 is 1.06 bits per heavy atom. The molecule has 31 heavy (non-hydrogen) atoms. The lowest BCUT2D eigenvalue weighted by molar-refractivity contribution is -0.131. The standard InChI is InChI=1S/C24H24N4O3/c1-17(25-24(30)21-13-8-14-31-21)23-26-19-11-6-7-12-20(19)28(23)16-22(29)27(2)15-18-9-4-3-5-10-18/h3-14,17H,15-16H2,1-2H3,(H,25,30). The number of carbonyl (C=O) groups is 2. The first kappa shape index (κ1) is 20.4. The maximum atomic E-state index is 13.0. The van der Waals surface area contributed by atoms with Gasteiger partial charge in [0, 0.05) is 13.6 Å². The van der Waals surface area contributed by atoms with E-state index >= 15 is 0 Å². The van der Waals surface area contributed by atoms with Gasteiger partial charge in [-0.25, -0.2) is 4.98 Å². The molecule has 0 spiro atoms. The van der Waals surface area contributed by atoms with Crippen molar-refractivity contribution in [2.24, 2.45) is 0 Å². The van der Waals surface area contributed by atoms with Gasteiger partial charge in [0.05, 0.1) is 23.3 Å². The average molecular weight is 416 g/mol. The Bertz CT molecular complexity index is 1180. The summed E-state index contributed by atoms with van der Waals surface area (Å²) in [5.74, 6) is 0.470. The number of furan rings is 1. The zero-order valence-electron chi connectivity index (χ0n) is 17.5. The predicted octanol–water partition coefficient (Wildman–Crippen LogP) is 3.78. The number of para-hydroxylation sites is 2. The molecule has 2 aromatic heterocycles. The minimum atomic E-state index is -0.419. The summed E-state index contributed by atoms with van der Waals surface area (Å²) in [7, 11) is 1.79. The van der Waals surface area contributed by atoms with Crippen molar-refractivity contribution in [1.29, 1.82) is 0 Å². The lowest BCUT2D eigenvalue weighted by Crippen LogP contribution is -2.32. The second kappa shape index (κ2) is 8.87. The fourth-order valence-electron chi connectivity index (χ4n) is 3.53. The van der Waals surface area contributed by atoms with E-state index in [-0.39, 0.29) is 24.1 Å². The van der Waals surface area contributed by atoms with E-state index in [0.29, 0.717) is 12.4 Å². The Morgan fingerprint density at radius 3 is 2.55 bits per heavy atom. The Hall–Kier alpha value is -3.87. The van der Waals surface area contributed by atoms with Crippen LogP contribution in [0.1, 0.15) is 34.9 Å². The van der Waals surface area contributed by atoms with Crippen LogP contribution in [0.25, 0.3) is 11.0 Å². The third-order valence-corrected chi connectivity index (χ3v) is 5.15. The molecule has 4 aromatic rings. The molecular formula is C24H24N4O3. The van der Waals surface area contributed by atoms with Crippen LogP contribution in [0, 0.1) is 0 Å². The summed E-state index contributed by atoms with van der Waals surface area (Å²) in [6.07, 6.45) is 1.45. The molecule has 7 nitrogen and oxygen atoms in total. The van der Waals surface area contributed by atoms with Gasteiger partial charge in [-0.3, -0.25) is 9.59 Å². The van der Waals surface area contributed by atoms with Crippen molar-refractivity contribution in [3.8, 4) is 0 Å². The molecule has 2 aromatic carbocycles. The molecule has 158 valence electrons. The molecule has 0 aliphatic rings. The quantitative estimate of drug-likeness (QED) is 0.497. The van der Waals surface area contributed by atoms with Gasteiger partial charge in [-0.1, -0.05) is 42.5 Å². The number of benzene rings is 2. The molecule has 0 saturated heterocycles. The Kier molecular flexibility index (Phi) is 5.84. The Balaban J connectivity index is 1.57. The summed E-state index contributed by atoms with van der Waals surface area (Å²) in [4.78, 5) is 31.8. The number of likely N-dealkylation sites (N-methyl/N-ethyl adjacent to an activating group) is 1. The number of carbonyl (C=O) groups excluding carboxylic acids is 2. The molecule has 0 saturated carbocycles. The molecule has 1 atom stereocenters. The number of fused-ring (bicyclic) bond motifs is 1. The molecule has 1 N–H and O–H groups in total. The highest BCUT2D eigenvalue weighted by Crippen LogP contribution is 2.22. The maximum Gasteiger partial charge on any atom is 0.287 e. The number of hydrogen-bond acceptors (Lipinski definition) is 4. The number of nitrogens with one attached hydrogen (secondary N) is 1. The van der Waals surface area contributed by atoms with E-state index in [9.17, 15) is 9.59 Å². The molecule has 0 fully saturated rings. The summed E-state index contributed by atoms with van der Waals surface area (Å²) in [5, 5.41) is 2.90. The van der Waals surface area contributed by atoms with Crippen LogP contribution in [-0.4, -0.2) is 33.3 Å². The molecular weight excluding hydrogens is 392 g/mol. The minimum absolute atomic E-state index is 0.0437. The molecule has 0 radical (unpaired) electrons. The van der Waals surface area contributed by atoms with Crippen molar-refractivity contribution in [3.63, 3.8) is 0 Å². The maximum absolute atomic E-state index is 13.0. The van der Waals surface area contributed by atoms with Crippen molar-refractivity contribution in [3.05, 3.63) is 90.1 Å². The van der Waals surface area contributed by atoms with Crippen LogP contribution in [-0.2, 0) is 17.9 Å². The summed E-state index contributed by atoms with van der Waals surface area (Å²) in [5.41, 5.74) is 2.68. The number of hydrogen-bond donors (Lipinski definition) is 1. The van der Waals surface area contributed by atoms with Crippen LogP contribution >= 0.6 is 0 Å². The normalized spacial score (nSPS) is 11.9. The van der Waals surface area contributed by atoms with Crippen LogP contribution in [0.5, 0.6) is 0 Å². The first-order valence-corrected chi connectivity index (χ1v) is 10.1. The summed E-state index contributed by atoms with van der Waals surface area (Å²) < 4.78 is 7.04. The van der Waals surface area contributed by atoms with Gasteiger partial charge in [0.2, 0.25) is 5.91 Å².